The van der Waals surface area contributed by atoms with Gasteiger partial charge >= 0.3 is 5.97 Å². The van der Waals surface area contributed by atoms with Crippen LogP contribution in [-0.2, 0) is 16.1 Å². The molecule has 0 atom stereocenters. The second-order valence-electron chi connectivity index (χ2n) is 6.56. The van der Waals surface area contributed by atoms with Crippen LogP contribution in [0.3, 0.4) is 0 Å². The highest BCUT2D eigenvalue weighted by molar-refractivity contribution is 7.09. The molecule has 0 aliphatic heterocycles. The first kappa shape index (κ1) is 21.3. The van der Waals surface area contributed by atoms with Gasteiger partial charge < -0.3 is 14.8 Å². The van der Waals surface area contributed by atoms with Crippen LogP contribution in [0.4, 0.5) is 5.69 Å². The van der Waals surface area contributed by atoms with Gasteiger partial charge in [0, 0.05) is 17.1 Å². The van der Waals surface area contributed by atoms with E-state index in [2.05, 4.69) is 10.3 Å². The minimum atomic E-state index is -0.451. The highest BCUT2D eigenvalue weighted by Crippen LogP contribution is 2.19. The Kier molecular flexibility index (Phi) is 6.98. The van der Waals surface area contributed by atoms with Gasteiger partial charge in [0.25, 0.3) is 0 Å². The van der Waals surface area contributed by atoms with E-state index in [1.54, 1.807) is 35.6 Å². The summed E-state index contributed by atoms with van der Waals surface area (Å²) in [5.74, 6) is -0.00915. The summed E-state index contributed by atoms with van der Waals surface area (Å²) in [4.78, 5) is 28.3. The van der Waals surface area contributed by atoms with E-state index < -0.39 is 5.97 Å². The summed E-state index contributed by atoms with van der Waals surface area (Å²) in [6.07, 6.45) is 3.15. The largest absolute Gasteiger partial charge is 0.487 e. The first-order valence-corrected chi connectivity index (χ1v) is 10.1. The fraction of sp³-hybridized carbons (Fsp3) is 0.174. The number of ether oxygens (including phenoxy) is 2. The van der Waals surface area contributed by atoms with Gasteiger partial charge in [0.2, 0.25) is 5.91 Å². The molecule has 1 amide bonds. The maximum atomic E-state index is 12.3. The van der Waals surface area contributed by atoms with Gasteiger partial charge in [-0.25, -0.2) is 9.78 Å². The SMILES string of the molecule is COC(=O)c1ccc(C)c(NC(=O)/C=C/c2ccc(OCc3csc(C)n3)cc2)c1. The number of benzene rings is 2. The Labute approximate surface area is 179 Å². The van der Waals surface area contributed by atoms with Crippen molar-refractivity contribution >= 4 is 35.0 Å². The summed E-state index contributed by atoms with van der Waals surface area (Å²) in [6.45, 7) is 4.24. The Hall–Kier alpha value is -3.45. The zero-order valence-corrected chi connectivity index (χ0v) is 17.8. The monoisotopic (exact) mass is 422 g/mol. The molecule has 0 saturated heterocycles. The molecule has 1 heterocycles. The summed E-state index contributed by atoms with van der Waals surface area (Å²) in [6, 6.07) is 12.5. The average molecular weight is 423 g/mol. The third kappa shape index (κ3) is 5.78. The van der Waals surface area contributed by atoms with Crippen molar-refractivity contribution in [1.82, 2.24) is 4.98 Å². The summed E-state index contributed by atoms with van der Waals surface area (Å²) in [5, 5.41) is 5.78. The first-order chi connectivity index (χ1) is 14.4. The molecule has 0 saturated carbocycles. The number of methoxy groups -OCH3 is 1. The van der Waals surface area contributed by atoms with E-state index in [-0.39, 0.29) is 5.91 Å². The lowest BCUT2D eigenvalue weighted by Crippen LogP contribution is -2.10. The molecule has 3 aromatic rings. The fourth-order valence-corrected chi connectivity index (χ4v) is 3.25. The summed E-state index contributed by atoms with van der Waals surface area (Å²) in [5.41, 5.74) is 3.56. The maximum absolute atomic E-state index is 12.3. The molecule has 6 nitrogen and oxygen atoms in total. The lowest BCUT2D eigenvalue weighted by molar-refractivity contribution is -0.111. The van der Waals surface area contributed by atoms with E-state index in [1.807, 2.05) is 43.5 Å². The number of carbonyl (C=O) groups is 2. The third-order valence-corrected chi connectivity index (χ3v) is 5.10. The zero-order chi connectivity index (χ0) is 21.5. The van der Waals surface area contributed by atoms with Crippen molar-refractivity contribution in [3.8, 4) is 5.75 Å². The van der Waals surface area contributed by atoms with Crippen molar-refractivity contribution in [1.29, 1.82) is 0 Å². The third-order valence-electron chi connectivity index (χ3n) is 4.28. The number of aromatic nitrogens is 1. The van der Waals surface area contributed by atoms with E-state index in [0.717, 1.165) is 27.6 Å². The number of carbonyl (C=O) groups excluding carboxylic acids is 2. The topological polar surface area (TPSA) is 77.5 Å². The number of anilines is 1. The van der Waals surface area contributed by atoms with E-state index in [0.29, 0.717) is 17.9 Å². The number of aryl methyl sites for hydroxylation is 2. The second-order valence-corrected chi connectivity index (χ2v) is 7.62. The molecule has 0 fully saturated rings. The van der Waals surface area contributed by atoms with Gasteiger partial charge in [0.05, 0.1) is 23.4 Å². The molecule has 0 aliphatic carbocycles. The lowest BCUT2D eigenvalue weighted by atomic mass is 10.1. The number of hydrogen-bond acceptors (Lipinski definition) is 6. The Bertz CT molecular complexity index is 1070. The minimum Gasteiger partial charge on any atom is -0.487 e. The number of esters is 1. The van der Waals surface area contributed by atoms with E-state index >= 15 is 0 Å². The van der Waals surface area contributed by atoms with Crippen LogP contribution in [0, 0.1) is 13.8 Å². The van der Waals surface area contributed by atoms with Gasteiger partial charge in [-0.05, 0) is 55.3 Å². The molecule has 0 radical (unpaired) electrons. The Morgan fingerprint density at radius 1 is 1.13 bits per heavy atom. The van der Waals surface area contributed by atoms with Crippen molar-refractivity contribution in [2.75, 3.05) is 12.4 Å². The van der Waals surface area contributed by atoms with E-state index in [4.69, 9.17) is 9.47 Å². The average Bonchev–Trinajstić information content (AvgIpc) is 3.17. The molecule has 0 spiro atoms. The van der Waals surface area contributed by atoms with Crippen molar-refractivity contribution < 1.29 is 19.1 Å². The molecular weight excluding hydrogens is 400 g/mol. The van der Waals surface area contributed by atoms with Crippen LogP contribution in [0.1, 0.15) is 32.2 Å². The molecule has 3 rings (SSSR count). The van der Waals surface area contributed by atoms with Crippen molar-refractivity contribution in [3.63, 3.8) is 0 Å². The Balaban J connectivity index is 1.57. The van der Waals surface area contributed by atoms with Crippen LogP contribution in [-0.4, -0.2) is 24.0 Å². The van der Waals surface area contributed by atoms with Crippen LogP contribution in [0.25, 0.3) is 6.08 Å². The number of nitrogens with zero attached hydrogens (tertiary/aromatic N) is 1. The summed E-state index contributed by atoms with van der Waals surface area (Å²) >= 11 is 1.59. The molecule has 1 N–H and O–H groups in total. The quantitative estimate of drug-likeness (QED) is 0.438. The number of thiazole rings is 1. The van der Waals surface area contributed by atoms with Gasteiger partial charge in [0.1, 0.15) is 12.4 Å². The number of hydrogen-bond donors (Lipinski definition) is 1. The fourth-order valence-electron chi connectivity index (χ4n) is 2.65. The molecule has 0 aliphatic rings. The highest BCUT2D eigenvalue weighted by atomic mass is 32.1. The van der Waals surface area contributed by atoms with E-state index in [1.165, 1.54) is 13.2 Å². The summed E-state index contributed by atoms with van der Waals surface area (Å²) in [7, 11) is 1.32. The Morgan fingerprint density at radius 2 is 1.90 bits per heavy atom. The Morgan fingerprint density at radius 3 is 2.57 bits per heavy atom. The molecule has 0 bridgehead atoms. The number of amides is 1. The smallest absolute Gasteiger partial charge is 0.337 e. The highest BCUT2D eigenvalue weighted by Gasteiger charge is 2.09. The van der Waals surface area contributed by atoms with Gasteiger partial charge in [-0.3, -0.25) is 4.79 Å². The van der Waals surface area contributed by atoms with Crippen molar-refractivity contribution in [3.05, 3.63) is 81.3 Å². The molecule has 30 heavy (non-hydrogen) atoms. The van der Waals surface area contributed by atoms with Gasteiger partial charge in [0.15, 0.2) is 0 Å². The minimum absolute atomic E-state index is 0.292. The standard InChI is InChI=1S/C23H22N2O4S/c1-15-4-8-18(23(27)28-3)12-21(15)25-22(26)11-7-17-5-9-20(10-6-17)29-13-19-14-30-16(2)24-19/h4-12,14H,13H2,1-3H3,(H,25,26)/b11-7+. The first-order valence-electron chi connectivity index (χ1n) is 9.26. The van der Waals surface area contributed by atoms with Crippen molar-refractivity contribution in [2.45, 2.75) is 20.5 Å². The lowest BCUT2D eigenvalue weighted by Gasteiger charge is -2.08. The number of nitrogens with one attached hydrogen (secondary N) is 1. The van der Waals surface area contributed by atoms with Crippen molar-refractivity contribution in [2.24, 2.45) is 0 Å². The van der Waals surface area contributed by atoms with E-state index in [9.17, 15) is 9.59 Å². The van der Waals surface area contributed by atoms with Gasteiger partial charge in [-0.2, -0.15) is 0 Å². The van der Waals surface area contributed by atoms with Gasteiger partial charge in [-0.15, -0.1) is 11.3 Å². The van der Waals surface area contributed by atoms with Crippen LogP contribution >= 0.6 is 11.3 Å². The van der Waals surface area contributed by atoms with Crippen LogP contribution in [0.15, 0.2) is 53.9 Å². The second kappa shape index (κ2) is 9.84. The molecule has 2 aromatic carbocycles. The molecule has 7 heteroatoms. The summed E-state index contributed by atoms with van der Waals surface area (Å²) < 4.78 is 10.4. The predicted molar refractivity (Wildman–Crippen MR) is 118 cm³/mol. The molecule has 154 valence electrons. The molecular formula is C23H22N2O4S. The zero-order valence-electron chi connectivity index (χ0n) is 17.0. The predicted octanol–water partition coefficient (Wildman–Crippen LogP) is 4.78. The normalized spacial score (nSPS) is 10.8. The molecule has 1 aromatic heterocycles. The van der Waals surface area contributed by atoms with Crippen LogP contribution in [0.5, 0.6) is 5.75 Å². The van der Waals surface area contributed by atoms with Crippen LogP contribution in [0.2, 0.25) is 0 Å². The number of rotatable bonds is 7. The van der Waals surface area contributed by atoms with Crippen LogP contribution < -0.4 is 10.1 Å². The maximum Gasteiger partial charge on any atom is 0.337 e. The van der Waals surface area contributed by atoms with Gasteiger partial charge in [-0.1, -0.05) is 18.2 Å². The molecule has 0 unspecified atom stereocenters.